The van der Waals surface area contributed by atoms with Crippen LogP contribution in [-0.2, 0) is 0 Å². The highest BCUT2D eigenvalue weighted by atomic mass is 79.9. The van der Waals surface area contributed by atoms with E-state index in [1.54, 1.807) is 0 Å². The fourth-order valence-corrected chi connectivity index (χ4v) is 0.919. The third kappa shape index (κ3) is 6.54. The van der Waals surface area contributed by atoms with E-state index < -0.39 is 0 Å². The minimum Gasteiger partial charge on any atom is -0.115 e. The molecule has 0 fully saturated rings. The quantitative estimate of drug-likeness (QED) is 0.630. The predicted octanol–water partition coefficient (Wildman–Crippen LogP) is 3.93. The monoisotopic (exact) mass is 260 g/mol. The van der Waals surface area contributed by atoms with Gasteiger partial charge in [-0.05, 0) is 12.1 Å². The Labute approximate surface area is 102 Å². The molecule has 0 nitrogen and oxygen atoms in total. The van der Waals surface area contributed by atoms with Gasteiger partial charge in [0.1, 0.15) is 0 Å². The summed E-state index contributed by atoms with van der Waals surface area (Å²) < 4.78 is 0. The first kappa shape index (κ1) is 13.5. The van der Waals surface area contributed by atoms with Crippen molar-refractivity contribution in [3.63, 3.8) is 0 Å². The smallest absolute Gasteiger partial charge is 0.0242 e. The van der Waals surface area contributed by atoms with Gasteiger partial charge in [-0.15, -0.1) is 23.4 Å². The zero-order valence-corrected chi connectivity index (χ0v) is 10.0. The van der Waals surface area contributed by atoms with Crippen LogP contribution in [0.15, 0.2) is 66.7 Å². The summed E-state index contributed by atoms with van der Waals surface area (Å²) in [6.45, 7) is 0. The molecule has 1 heteroatoms. The molecule has 0 spiro atoms. The van der Waals surface area contributed by atoms with Crippen LogP contribution in [0.25, 0.3) is 0 Å². The second kappa shape index (κ2) is 9.05. The minimum absolute atomic E-state index is 0. The van der Waals surface area contributed by atoms with Gasteiger partial charge >= 0.3 is 0 Å². The molecule has 0 saturated carbocycles. The van der Waals surface area contributed by atoms with Crippen LogP contribution in [0.4, 0.5) is 0 Å². The molecule has 0 N–H and O–H groups in total. The standard InChI is InChI=1S/C8H6.C6H6.BrH/c1-2-8-6-4-3-5-7-8;1-2-4-6-5-3-1;/h1,3-7H;1-6H;1H. The van der Waals surface area contributed by atoms with Crippen LogP contribution in [0.5, 0.6) is 0 Å². The molecular formula is C14H13Br. The lowest BCUT2D eigenvalue weighted by atomic mass is 10.2. The highest BCUT2D eigenvalue weighted by Crippen LogP contribution is 1.93. The van der Waals surface area contributed by atoms with Gasteiger partial charge in [-0.3, -0.25) is 0 Å². The Bertz CT molecular complexity index is 346. The molecule has 0 saturated heterocycles. The topological polar surface area (TPSA) is 0 Å². The van der Waals surface area contributed by atoms with E-state index in [0.29, 0.717) is 0 Å². The maximum Gasteiger partial charge on any atom is 0.0242 e. The molecule has 2 rings (SSSR count). The number of terminal acetylenes is 1. The number of halogens is 1. The Morgan fingerprint density at radius 1 is 0.667 bits per heavy atom. The van der Waals surface area contributed by atoms with Crippen LogP contribution in [0.1, 0.15) is 5.56 Å². The third-order valence-corrected chi connectivity index (χ3v) is 1.61. The number of benzene rings is 2. The fourth-order valence-electron chi connectivity index (χ4n) is 0.919. The summed E-state index contributed by atoms with van der Waals surface area (Å²) in [5.41, 5.74) is 0.938. The Kier molecular flexibility index (Phi) is 8.13. The largest absolute Gasteiger partial charge is 0.115 e. The molecule has 76 valence electrons. The third-order valence-electron chi connectivity index (χ3n) is 1.61. The van der Waals surface area contributed by atoms with Crippen LogP contribution < -0.4 is 0 Å². The molecule has 0 bridgehead atoms. The Morgan fingerprint density at radius 2 is 1.00 bits per heavy atom. The molecule has 0 unspecified atom stereocenters. The number of hydrogen-bond donors (Lipinski definition) is 0. The molecule has 15 heavy (non-hydrogen) atoms. The van der Waals surface area contributed by atoms with Crippen molar-refractivity contribution < 1.29 is 0 Å². The lowest BCUT2D eigenvalue weighted by molar-refractivity contribution is 1.65. The van der Waals surface area contributed by atoms with E-state index in [9.17, 15) is 0 Å². The normalized spacial score (nSPS) is 7.40. The summed E-state index contributed by atoms with van der Waals surface area (Å²) in [4.78, 5) is 0. The predicted molar refractivity (Wildman–Crippen MR) is 71.1 cm³/mol. The molecule has 0 amide bonds. The number of hydrogen-bond acceptors (Lipinski definition) is 0. The lowest BCUT2D eigenvalue weighted by Crippen LogP contribution is -1.66. The van der Waals surface area contributed by atoms with Gasteiger partial charge in [0.05, 0.1) is 0 Å². The van der Waals surface area contributed by atoms with Crippen molar-refractivity contribution in [3.05, 3.63) is 72.3 Å². The highest BCUT2D eigenvalue weighted by molar-refractivity contribution is 8.93. The summed E-state index contributed by atoms with van der Waals surface area (Å²) in [6.07, 6.45) is 5.10. The first-order chi connectivity index (χ1) is 6.93. The van der Waals surface area contributed by atoms with Gasteiger partial charge < -0.3 is 0 Å². The zero-order valence-electron chi connectivity index (χ0n) is 8.34. The van der Waals surface area contributed by atoms with Gasteiger partial charge in [-0.2, -0.15) is 0 Å². The van der Waals surface area contributed by atoms with E-state index in [1.165, 1.54) is 0 Å². The van der Waals surface area contributed by atoms with E-state index in [1.807, 2.05) is 66.7 Å². The number of rotatable bonds is 0. The van der Waals surface area contributed by atoms with Gasteiger partial charge in [0.25, 0.3) is 0 Å². The van der Waals surface area contributed by atoms with E-state index in [0.717, 1.165) is 5.56 Å². The van der Waals surface area contributed by atoms with E-state index >= 15 is 0 Å². The molecule has 0 radical (unpaired) electrons. The first-order valence-corrected chi connectivity index (χ1v) is 4.45. The lowest BCUT2D eigenvalue weighted by Gasteiger charge is -1.82. The van der Waals surface area contributed by atoms with Crippen LogP contribution in [0.2, 0.25) is 0 Å². The van der Waals surface area contributed by atoms with Crippen molar-refractivity contribution in [2.75, 3.05) is 0 Å². The summed E-state index contributed by atoms with van der Waals surface area (Å²) in [7, 11) is 0. The van der Waals surface area contributed by atoms with Crippen molar-refractivity contribution in [2.24, 2.45) is 0 Å². The van der Waals surface area contributed by atoms with E-state index in [4.69, 9.17) is 6.42 Å². The van der Waals surface area contributed by atoms with Gasteiger partial charge in [0.2, 0.25) is 0 Å². The van der Waals surface area contributed by atoms with Crippen LogP contribution >= 0.6 is 17.0 Å². The molecule has 2 aromatic carbocycles. The molecule has 0 aliphatic heterocycles. The van der Waals surface area contributed by atoms with Crippen LogP contribution in [0.3, 0.4) is 0 Å². The van der Waals surface area contributed by atoms with Crippen molar-refractivity contribution in [1.29, 1.82) is 0 Å². The van der Waals surface area contributed by atoms with Crippen LogP contribution in [0, 0.1) is 12.3 Å². The molecule has 0 heterocycles. The summed E-state index contributed by atoms with van der Waals surface area (Å²) in [5, 5.41) is 0. The minimum atomic E-state index is 0. The van der Waals surface area contributed by atoms with Gasteiger partial charge in [-0.25, -0.2) is 0 Å². The average Bonchev–Trinajstić information content (AvgIpc) is 2.33. The molecule has 0 atom stereocenters. The highest BCUT2D eigenvalue weighted by Gasteiger charge is 1.76. The van der Waals surface area contributed by atoms with Crippen LogP contribution in [-0.4, -0.2) is 0 Å². The maximum absolute atomic E-state index is 5.10. The molecule has 2 aromatic rings. The van der Waals surface area contributed by atoms with Crippen molar-refractivity contribution in [2.45, 2.75) is 0 Å². The Hall–Kier alpha value is -1.52. The van der Waals surface area contributed by atoms with Gasteiger partial charge in [-0.1, -0.05) is 60.5 Å². The van der Waals surface area contributed by atoms with Crippen molar-refractivity contribution in [3.8, 4) is 12.3 Å². The second-order valence-electron chi connectivity index (χ2n) is 2.67. The molecule has 0 aliphatic rings. The molecular weight excluding hydrogens is 248 g/mol. The molecule has 0 aromatic heterocycles. The summed E-state index contributed by atoms with van der Waals surface area (Å²) in [6, 6.07) is 21.6. The first-order valence-electron chi connectivity index (χ1n) is 4.45. The second-order valence-corrected chi connectivity index (χ2v) is 2.67. The van der Waals surface area contributed by atoms with Crippen molar-refractivity contribution in [1.82, 2.24) is 0 Å². The summed E-state index contributed by atoms with van der Waals surface area (Å²) >= 11 is 0. The Morgan fingerprint density at radius 3 is 1.27 bits per heavy atom. The van der Waals surface area contributed by atoms with Gasteiger partial charge in [0, 0.05) is 5.56 Å². The average molecular weight is 261 g/mol. The summed E-state index contributed by atoms with van der Waals surface area (Å²) in [5.74, 6) is 2.53. The van der Waals surface area contributed by atoms with Gasteiger partial charge in [0.15, 0.2) is 0 Å². The maximum atomic E-state index is 5.10. The fraction of sp³-hybridized carbons (Fsp3) is 0. The SMILES string of the molecule is Br.C#Cc1ccccc1.c1ccccc1. The zero-order chi connectivity index (χ0) is 10.1. The van der Waals surface area contributed by atoms with Crippen molar-refractivity contribution >= 4 is 17.0 Å². The molecule has 0 aliphatic carbocycles. The van der Waals surface area contributed by atoms with E-state index in [2.05, 4.69) is 5.92 Å². The Balaban J connectivity index is 0.000000253. The van der Waals surface area contributed by atoms with E-state index in [-0.39, 0.29) is 17.0 Å².